The lowest BCUT2D eigenvalue weighted by molar-refractivity contribution is -0.124. The fraction of sp³-hybridized carbons (Fsp3) is 0.529. The number of nitrogens with zero attached hydrogens (tertiary/aromatic N) is 1. The van der Waals surface area contributed by atoms with E-state index in [9.17, 15) is 14.0 Å². The Labute approximate surface area is 141 Å². The van der Waals surface area contributed by atoms with Crippen LogP contribution >= 0.6 is 11.6 Å². The van der Waals surface area contributed by atoms with Crippen molar-refractivity contribution in [3.05, 3.63) is 34.6 Å². The summed E-state index contributed by atoms with van der Waals surface area (Å²) in [6.45, 7) is 5.36. The van der Waals surface area contributed by atoms with Crippen molar-refractivity contribution >= 4 is 23.4 Å². The molecule has 4 nitrogen and oxygen atoms in total. The van der Waals surface area contributed by atoms with Crippen molar-refractivity contribution < 1.29 is 14.0 Å². The summed E-state index contributed by atoms with van der Waals surface area (Å²) in [5, 5.41) is 3.17. The Bertz CT molecular complexity index is 592. The molecule has 1 aromatic carbocycles. The Morgan fingerprint density at radius 2 is 2.17 bits per heavy atom. The molecule has 0 radical (unpaired) electrons. The van der Waals surface area contributed by atoms with Gasteiger partial charge in [0.25, 0.3) is 5.91 Å². The van der Waals surface area contributed by atoms with E-state index < -0.39 is 5.82 Å². The number of benzene rings is 1. The first-order valence-electron chi connectivity index (χ1n) is 7.90. The number of amides is 2. The Balaban J connectivity index is 1.97. The summed E-state index contributed by atoms with van der Waals surface area (Å²) in [6, 6.07) is 4.09. The third-order valence-corrected chi connectivity index (χ3v) is 4.29. The number of hydrogen-bond acceptors (Lipinski definition) is 2. The largest absolute Gasteiger partial charge is 0.356 e. The van der Waals surface area contributed by atoms with E-state index in [0.29, 0.717) is 19.6 Å². The highest BCUT2D eigenvalue weighted by molar-refractivity contribution is 6.30. The van der Waals surface area contributed by atoms with Gasteiger partial charge in [-0.05, 0) is 37.0 Å². The first kappa shape index (κ1) is 17.7. The van der Waals surface area contributed by atoms with Crippen LogP contribution in [0, 0.1) is 17.7 Å². The average molecular weight is 341 g/mol. The number of carbonyl (C=O) groups is 2. The number of rotatable bonds is 4. The van der Waals surface area contributed by atoms with E-state index in [4.69, 9.17) is 11.6 Å². The monoisotopic (exact) mass is 340 g/mol. The fourth-order valence-electron chi connectivity index (χ4n) is 2.70. The van der Waals surface area contributed by atoms with Gasteiger partial charge in [-0.15, -0.1) is 0 Å². The highest BCUT2D eigenvalue weighted by Gasteiger charge is 2.26. The lowest BCUT2D eigenvalue weighted by atomic mass is 9.97. The quantitative estimate of drug-likeness (QED) is 0.915. The molecular weight excluding hydrogens is 319 g/mol. The second-order valence-corrected chi connectivity index (χ2v) is 6.72. The maximum atomic E-state index is 13.9. The molecule has 1 aromatic rings. The first-order valence-corrected chi connectivity index (χ1v) is 8.28. The number of hydrogen-bond donors (Lipinski definition) is 1. The van der Waals surface area contributed by atoms with Crippen molar-refractivity contribution in [3.8, 4) is 0 Å². The van der Waals surface area contributed by atoms with Gasteiger partial charge in [-0.3, -0.25) is 9.59 Å². The molecule has 23 heavy (non-hydrogen) atoms. The molecule has 0 unspecified atom stereocenters. The summed E-state index contributed by atoms with van der Waals surface area (Å²) in [4.78, 5) is 25.8. The number of carbonyl (C=O) groups excluding carboxylic acids is 2. The van der Waals surface area contributed by atoms with Gasteiger partial charge in [0.2, 0.25) is 5.91 Å². The van der Waals surface area contributed by atoms with Crippen LogP contribution in [0.25, 0.3) is 0 Å². The second-order valence-electron chi connectivity index (χ2n) is 6.28. The number of nitrogens with one attached hydrogen (secondary N) is 1. The molecule has 2 rings (SSSR count). The summed E-state index contributed by atoms with van der Waals surface area (Å²) >= 11 is 5.72. The van der Waals surface area contributed by atoms with E-state index in [1.165, 1.54) is 12.1 Å². The maximum Gasteiger partial charge on any atom is 0.256 e. The zero-order valence-electron chi connectivity index (χ0n) is 13.4. The molecule has 0 aromatic heterocycles. The molecule has 126 valence electrons. The molecule has 1 saturated heterocycles. The Hall–Kier alpha value is -1.62. The molecule has 1 aliphatic rings. The Kier molecular flexibility index (Phi) is 5.99. The molecule has 0 bridgehead atoms. The summed E-state index contributed by atoms with van der Waals surface area (Å²) in [7, 11) is 0. The number of likely N-dealkylation sites (tertiary alicyclic amines) is 1. The summed E-state index contributed by atoms with van der Waals surface area (Å²) in [6.07, 6.45) is 1.80. The van der Waals surface area contributed by atoms with E-state index in [1.807, 2.05) is 13.8 Å². The van der Waals surface area contributed by atoms with E-state index in [-0.39, 0.29) is 34.2 Å². The predicted molar refractivity (Wildman–Crippen MR) is 87.9 cm³/mol. The molecule has 0 aliphatic carbocycles. The van der Waals surface area contributed by atoms with Gasteiger partial charge < -0.3 is 10.2 Å². The van der Waals surface area contributed by atoms with Crippen LogP contribution in [0.1, 0.15) is 37.0 Å². The van der Waals surface area contributed by atoms with Crippen LogP contribution in [-0.2, 0) is 4.79 Å². The van der Waals surface area contributed by atoms with Crippen molar-refractivity contribution in [1.29, 1.82) is 0 Å². The maximum absolute atomic E-state index is 13.9. The van der Waals surface area contributed by atoms with Crippen molar-refractivity contribution in [3.63, 3.8) is 0 Å². The van der Waals surface area contributed by atoms with Crippen LogP contribution in [0.15, 0.2) is 18.2 Å². The van der Waals surface area contributed by atoms with Gasteiger partial charge in [-0.2, -0.15) is 0 Å². The SMILES string of the molecule is CC(C)C(=O)NC[C@H]1CCCN(C(=O)c2ccc(Cl)cc2F)C1. The second kappa shape index (κ2) is 7.77. The van der Waals surface area contributed by atoms with Gasteiger partial charge in [0.1, 0.15) is 5.82 Å². The third-order valence-electron chi connectivity index (χ3n) is 4.06. The minimum atomic E-state index is -0.599. The van der Waals surface area contributed by atoms with Crippen LogP contribution in [-0.4, -0.2) is 36.3 Å². The van der Waals surface area contributed by atoms with Gasteiger partial charge in [-0.1, -0.05) is 25.4 Å². The lowest BCUT2D eigenvalue weighted by Gasteiger charge is -2.33. The molecule has 1 heterocycles. The van der Waals surface area contributed by atoms with Crippen molar-refractivity contribution in [2.24, 2.45) is 11.8 Å². The molecule has 1 N–H and O–H groups in total. The van der Waals surface area contributed by atoms with Crippen molar-refractivity contribution in [1.82, 2.24) is 10.2 Å². The standard InChI is InChI=1S/C17H22ClFN2O2/c1-11(2)16(22)20-9-12-4-3-7-21(10-12)17(23)14-6-5-13(18)8-15(14)19/h5-6,8,11-12H,3-4,7,9-10H2,1-2H3,(H,20,22)/t12-/m1/s1. The van der Waals surface area contributed by atoms with E-state index >= 15 is 0 Å². The topological polar surface area (TPSA) is 49.4 Å². The van der Waals surface area contributed by atoms with Crippen LogP contribution in [0.5, 0.6) is 0 Å². The molecule has 1 aliphatic heterocycles. The van der Waals surface area contributed by atoms with E-state index in [1.54, 1.807) is 4.90 Å². The average Bonchev–Trinajstić information content (AvgIpc) is 2.52. The van der Waals surface area contributed by atoms with E-state index in [0.717, 1.165) is 18.9 Å². The van der Waals surface area contributed by atoms with Gasteiger partial charge in [-0.25, -0.2) is 4.39 Å². The van der Waals surface area contributed by atoms with Crippen LogP contribution in [0.4, 0.5) is 4.39 Å². The lowest BCUT2D eigenvalue weighted by Crippen LogP contribution is -2.44. The normalized spacial score (nSPS) is 18.1. The third kappa shape index (κ3) is 4.67. The summed E-state index contributed by atoms with van der Waals surface area (Å²) in [5.41, 5.74) is 0.0428. The Morgan fingerprint density at radius 1 is 1.43 bits per heavy atom. The van der Waals surface area contributed by atoms with Gasteiger partial charge in [0, 0.05) is 30.6 Å². The molecule has 1 atom stereocenters. The summed E-state index contributed by atoms with van der Waals surface area (Å²) in [5.74, 6) is -0.765. The number of halogens is 2. The first-order chi connectivity index (χ1) is 10.9. The molecule has 6 heteroatoms. The van der Waals surface area contributed by atoms with Crippen LogP contribution in [0.3, 0.4) is 0 Å². The highest BCUT2D eigenvalue weighted by Crippen LogP contribution is 2.21. The van der Waals surface area contributed by atoms with Gasteiger partial charge in [0.05, 0.1) is 5.56 Å². The van der Waals surface area contributed by atoms with Crippen molar-refractivity contribution in [2.75, 3.05) is 19.6 Å². The van der Waals surface area contributed by atoms with Crippen molar-refractivity contribution in [2.45, 2.75) is 26.7 Å². The molecule has 0 spiro atoms. The zero-order chi connectivity index (χ0) is 17.0. The molecule has 1 fully saturated rings. The van der Waals surface area contributed by atoms with Crippen LogP contribution in [0.2, 0.25) is 5.02 Å². The van der Waals surface area contributed by atoms with Gasteiger partial charge in [0.15, 0.2) is 0 Å². The minimum Gasteiger partial charge on any atom is -0.356 e. The highest BCUT2D eigenvalue weighted by atomic mass is 35.5. The molecule has 0 saturated carbocycles. The number of piperidine rings is 1. The molecular formula is C17H22ClFN2O2. The summed E-state index contributed by atoms with van der Waals surface area (Å²) < 4.78 is 13.9. The zero-order valence-corrected chi connectivity index (χ0v) is 14.2. The van der Waals surface area contributed by atoms with E-state index in [2.05, 4.69) is 5.32 Å². The Morgan fingerprint density at radius 3 is 2.83 bits per heavy atom. The minimum absolute atomic E-state index is 0.0113. The fourth-order valence-corrected chi connectivity index (χ4v) is 2.86. The smallest absolute Gasteiger partial charge is 0.256 e. The van der Waals surface area contributed by atoms with Crippen LogP contribution < -0.4 is 5.32 Å². The molecule has 2 amide bonds. The van der Waals surface area contributed by atoms with Gasteiger partial charge >= 0.3 is 0 Å². The predicted octanol–water partition coefficient (Wildman–Crippen LogP) is 3.10.